The Balaban J connectivity index is 1.17. The molecule has 35 heavy (non-hydrogen) atoms. The van der Waals surface area contributed by atoms with Gasteiger partial charge in [-0.05, 0) is 24.1 Å². The quantitative estimate of drug-likeness (QED) is 0.441. The van der Waals surface area contributed by atoms with Crippen LogP contribution in [-0.4, -0.2) is 68.2 Å². The molecule has 0 saturated carbocycles. The van der Waals surface area contributed by atoms with Gasteiger partial charge in [-0.3, -0.25) is 19.1 Å². The number of amides is 1. The number of carbonyl (C=O) groups is 1. The van der Waals surface area contributed by atoms with Crippen molar-refractivity contribution in [3.63, 3.8) is 0 Å². The van der Waals surface area contributed by atoms with Crippen LogP contribution in [0.4, 0.5) is 0 Å². The second-order valence-electron chi connectivity index (χ2n) is 9.02. The fourth-order valence-corrected chi connectivity index (χ4v) is 4.92. The maximum atomic E-state index is 11.6. The summed E-state index contributed by atoms with van der Waals surface area (Å²) < 4.78 is 7.68. The van der Waals surface area contributed by atoms with E-state index in [2.05, 4.69) is 43.6 Å². The van der Waals surface area contributed by atoms with Gasteiger partial charge in [-0.25, -0.2) is 4.98 Å². The van der Waals surface area contributed by atoms with E-state index in [1.54, 1.807) is 6.33 Å². The number of fused-ring (bicyclic) bond motifs is 2. The highest BCUT2D eigenvalue weighted by Gasteiger charge is 2.18. The van der Waals surface area contributed by atoms with E-state index in [0.717, 1.165) is 79.4 Å². The van der Waals surface area contributed by atoms with Gasteiger partial charge >= 0.3 is 0 Å². The molecule has 0 radical (unpaired) electrons. The van der Waals surface area contributed by atoms with E-state index in [4.69, 9.17) is 9.72 Å². The van der Waals surface area contributed by atoms with Gasteiger partial charge in [0.1, 0.15) is 17.9 Å². The number of aromatic nitrogens is 5. The second kappa shape index (κ2) is 9.42. The molecule has 0 spiro atoms. The zero-order chi connectivity index (χ0) is 23.6. The van der Waals surface area contributed by atoms with E-state index in [9.17, 15) is 4.79 Å². The molecule has 2 aliphatic heterocycles. The number of hydrogen-bond donors (Lipinski definition) is 1. The van der Waals surface area contributed by atoms with Gasteiger partial charge in [-0.15, -0.1) is 10.2 Å². The lowest BCUT2D eigenvalue weighted by molar-refractivity contribution is -0.124. The van der Waals surface area contributed by atoms with E-state index in [1.165, 1.54) is 11.1 Å². The van der Waals surface area contributed by atoms with Crippen molar-refractivity contribution in [2.75, 3.05) is 32.8 Å². The lowest BCUT2D eigenvalue weighted by Crippen LogP contribution is -2.48. The number of nitrogens with zero attached hydrogens (tertiary/aromatic N) is 6. The largest absolute Gasteiger partial charge is 0.493 e. The van der Waals surface area contributed by atoms with Crippen molar-refractivity contribution in [1.82, 2.24) is 34.8 Å². The fraction of sp³-hybridized carbons (Fsp3) is 0.346. The summed E-state index contributed by atoms with van der Waals surface area (Å²) in [5.74, 6) is 2.03. The number of hydrogen-bond acceptors (Lipinski definition) is 7. The van der Waals surface area contributed by atoms with Crippen molar-refractivity contribution in [3.05, 3.63) is 71.7 Å². The number of pyridine rings is 1. The fourth-order valence-electron chi connectivity index (χ4n) is 4.92. The van der Waals surface area contributed by atoms with Gasteiger partial charge in [0.25, 0.3) is 0 Å². The lowest BCUT2D eigenvalue weighted by Gasteiger charge is -2.26. The molecule has 2 aliphatic rings. The Kier molecular flexibility index (Phi) is 5.83. The highest BCUT2D eigenvalue weighted by Crippen LogP contribution is 2.29. The normalized spacial score (nSPS) is 15.7. The van der Waals surface area contributed by atoms with E-state index < -0.39 is 0 Å². The predicted molar refractivity (Wildman–Crippen MR) is 130 cm³/mol. The molecular weight excluding hydrogens is 442 g/mol. The SMILES string of the molecule is O=C1CN(CCc2ccc(-c3cnc(CCc4cccc5c4CCO5)n4cnnc34)cn2)CCN1. The van der Waals surface area contributed by atoms with Crippen molar-refractivity contribution >= 4 is 11.6 Å². The third-order valence-corrected chi connectivity index (χ3v) is 6.80. The van der Waals surface area contributed by atoms with Crippen molar-refractivity contribution < 1.29 is 9.53 Å². The number of ether oxygens (including phenoxy) is 1. The van der Waals surface area contributed by atoms with Crippen LogP contribution < -0.4 is 10.1 Å². The van der Waals surface area contributed by atoms with Gasteiger partial charge in [-0.1, -0.05) is 18.2 Å². The number of carbonyl (C=O) groups excluding carboxylic acids is 1. The minimum atomic E-state index is 0.0922. The summed E-state index contributed by atoms with van der Waals surface area (Å²) in [6.07, 6.45) is 8.93. The third-order valence-electron chi connectivity index (χ3n) is 6.80. The van der Waals surface area contributed by atoms with Gasteiger partial charge in [-0.2, -0.15) is 0 Å². The molecule has 5 heterocycles. The summed E-state index contributed by atoms with van der Waals surface area (Å²) in [5.41, 5.74) is 6.29. The minimum absolute atomic E-state index is 0.0922. The number of benzene rings is 1. The maximum absolute atomic E-state index is 11.6. The Bertz CT molecular complexity index is 1370. The zero-order valence-electron chi connectivity index (χ0n) is 19.5. The van der Waals surface area contributed by atoms with Crippen LogP contribution in [0.2, 0.25) is 0 Å². The van der Waals surface area contributed by atoms with Crippen LogP contribution in [0.15, 0.2) is 49.1 Å². The summed E-state index contributed by atoms with van der Waals surface area (Å²) in [6, 6.07) is 10.4. The van der Waals surface area contributed by atoms with Crippen LogP contribution in [0.1, 0.15) is 22.6 Å². The summed E-state index contributed by atoms with van der Waals surface area (Å²) in [7, 11) is 0. The first-order chi connectivity index (χ1) is 17.2. The first-order valence-corrected chi connectivity index (χ1v) is 12.1. The average Bonchev–Trinajstić information content (AvgIpc) is 3.57. The molecule has 0 atom stereocenters. The summed E-state index contributed by atoms with van der Waals surface area (Å²) >= 11 is 0. The van der Waals surface area contributed by atoms with Crippen molar-refractivity contribution in [2.24, 2.45) is 0 Å². The molecule has 9 heteroatoms. The molecule has 1 fully saturated rings. The second-order valence-corrected chi connectivity index (χ2v) is 9.02. The molecule has 1 N–H and O–H groups in total. The van der Waals surface area contributed by atoms with Crippen LogP contribution in [0.25, 0.3) is 16.8 Å². The van der Waals surface area contributed by atoms with Crippen LogP contribution >= 0.6 is 0 Å². The highest BCUT2D eigenvalue weighted by atomic mass is 16.5. The Labute approximate surface area is 203 Å². The van der Waals surface area contributed by atoms with Crippen LogP contribution in [0, 0.1) is 0 Å². The molecule has 1 saturated heterocycles. The van der Waals surface area contributed by atoms with Crippen molar-refractivity contribution in [2.45, 2.75) is 25.7 Å². The topological polar surface area (TPSA) is 97.5 Å². The molecule has 0 aliphatic carbocycles. The molecule has 4 aromatic rings. The summed E-state index contributed by atoms with van der Waals surface area (Å²) in [6.45, 7) is 3.64. The van der Waals surface area contributed by atoms with Crippen LogP contribution in [0.5, 0.6) is 5.75 Å². The van der Waals surface area contributed by atoms with E-state index in [-0.39, 0.29) is 5.91 Å². The highest BCUT2D eigenvalue weighted by molar-refractivity contribution is 5.78. The van der Waals surface area contributed by atoms with E-state index in [0.29, 0.717) is 13.1 Å². The lowest BCUT2D eigenvalue weighted by atomic mass is 10.0. The first kappa shape index (κ1) is 21.7. The standard InChI is InChI=1S/C26H27N7O2/c34-25-16-32(12-10-27-25)11-8-20-6-4-19(14-28-20)22-15-29-24(33-17-30-31-26(22)33)7-5-18-2-1-3-23-21(18)9-13-35-23/h1-4,6,14-15,17H,5,7-13,16H2,(H,27,34). The number of nitrogens with one attached hydrogen (secondary N) is 1. The predicted octanol–water partition coefficient (Wildman–Crippen LogP) is 1.88. The third kappa shape index (κ3) is 4.46. The average molecular weight is 470 g/mol. The summed E-state index contributed by atoms with van der Waals surface area (Å²) in [5, 5.41) is 11.4. The van der Waals surface area contributed by atoms with Gasteiger partial charge in [0, 0.05) is 73.7 Å². The number of rotatable bonds is 7. The Morgan fingerprint density at radius 3 is 2.91 bits per heavy atom. The monoisotopic (exact) mass is 469 g/mol. The number of aryl methyl sites for hydroxylation is 2. The smallest absolute Gasteiger partial charge is 0.234 e. The molecular formula is C26H27N7O2. The molecule has 9 nitrogen and oxygen atoms in total. The van der Waals surface area contributed by atoms with Gasteiger partial charge in [0.15, 0.2) is 5.65 Å². The van der Waals surface area contributed by atoms with Crippen molar-refractivity contribution in [3.8, 4) is 16.9 Å². The maximum Gasteiger partial charge on any atom is 0.234 e. The van der Waals surface area contributed by atoms with Crippen molar-refractivity contribution in [1.29, 1.82) is 0 Å². The van der Waals surface area contributed by atoms with Crippen LogP contribution in [-0.2, 0) is 30.5 Å². The minimum Gasteiger partial charge on any atom is -0.493 e. The molecule has 0 unspecified atom stereocenters. The molecule has 6 rings (SSSR count). The molecule has 3 aromatic heterocycles. The van der Waals surface area contributed by atoms with Gasteiger partial charge in [0.2, 0.25) is 5.91 Å². The Hall–Kier alpha value is -3.85. The zero-order valence-corrected chi connectivity index (χ0v) is 19.5. The van der Waals surface area contributed by atoms with Crippen LogP contribution in [0.3, 0.4) is 0 Å². The van der Waals surface area contributed by atoms with Gasteiger partial charge in [0.05, 0.1) is 13.2 Å². The number of piperazine rings is 1. The molecule has 1 amide bonds. The Morgan fingerprint density at radius 1 is 1.06 bits per heavy atom. The summed E-state index contributed by atoms with van der Waals surface area (Å²) in [4.78, 5) is 23.1. The van der Waals surface area contributed by atoms with E-state index in [1.807, 2.05) is 28.9 Å². The van der Waals surface area contributed by atoms with Gasteiger partial charge < -0.3 is 10.1 Å². The van der Waals surface area contributed by atoms with E-state index >= 15 is 0 Å². The molecule has 178 valence electrons. The first-order valence-electron chi connectivity index (χ1n) is 12.1. The molecule has 0 bridgehead atoms. The Morgan fingerprint density at radius 2 is 2.03 bits per heavy atom. The molecule has 1 aromatic carbocycles.